The molecule has 2 rings (SSSR count). The fourth-order valence-corrected chi connectivity index (χ4v) is 3.33. The first-order valence-corrected chi connectivity index (χ1v) is 10.2. The standard InChI is InChI=1S/C21H29O4P/c1-20(2,3)16-8-12-18(13-9-16)24-26(22,23-7)25-19-14-10-17(11-15-19)21(4,5)6/h8-15H,1-7H3. The van der Waals surface area contributed by atoms with Crippen molar-refractivity contribution >= 4 is 7.82 Å². The lowest BCUT2D eigenvalue weighted by molar-refractivity contribution is 0.250. The third-order valence-electron chi connectivity index (χ3n) is 4.10. The Kier molecular flexibility index (Phi) is 5.89. The molecule has 4 nitrogen and oxygen atoms in total. The van der Waals surface area contributed by atoms with Crippen molar-refractivity contribution in [3.05, 3.63) is 59.7 Å². The molecule has 26 heavy (non-hydrogen) atoms. The van der Waals surface area contributed by atoms with E-state index in [4.69, 9.17) is 13.6 Å². The van der Waals surface area contributed by atoms with Gasteiger partial charge in [0.15, 0.2) is 0 Å². The summed E-state index contributed by atoms with van der Waals surface area (Å²) < 4.78 is 28.9. The Bertz CT molecular complexity index is 702. The molecule has 0 bridgehead atoms. The third-order valence-corrected chi connectivity index (χ3v) is 5.41. The van der Waals surface area contributed by atoms with E-state index >= 15 is 0 Å². The lowest BCUT2D eigenvalue weighted by atomic mass is 9.87. The Balaban J connectivity index is 2.14. The van der Waals surface area contributed by atoms with Gasteiger partial charge in [0, 0.05) is 7.11 Å². The second kappa shape index (κ2) is 7.46. The second-order valence-electron chi connectivity index (χ2n) is 8.36. The van der Waals surface area contributed by atoms with Crippen LogP contribution in [0.15, 0.2) is 48.5 Å². The van der Waals surface area contributed by atoms with Crippen molar-refractivity contribution in [3.63, 3.8) is 0 Å². The van der Waals surface area contributed by atoms with Crippen LogP contribution in [0.2, 0.25) is 0 Å². The third kappa shape index (κ3) is 5.36. The fraction of sp³-hybridized carbons (Fsp3) is 0.429. The fourth-order valence-electron chi connectivity index (χ4n) is 2.38. The van der Waals surface area contributed by atoms with Gasteiger partial charge in [-0.25, -0.2) is 4.57 Å². The van der Waals surface area contributed by atoms with Gasteiger partial charge in [-0.15, -0.1) is 0 Å². The highest BCUT2D eigenvalue weighted by atomic mass is 31.2. The van der Waals surface area contributed by atoms with E-state index in [1.807, 2.05) is 24.3 Å². The largest absolute Gasteiger partial charge is 0.587 e. The van der Waals surface area contributed by atoms with Gasteiger partial charge in [-0.2, -0.15) is 0 Å². The molecule has 0 aliphatic carbocycles. The molecule has 2 aromatic carbocycles. The van der Waals surface area contributed by atoms with Crippen molar-refractivity contribution in [2.24, 2.45) is 0 Å². The van der Waals surface area contributed by atoms with Crippen LogP contribution in [0.1, 0.15) is 52.7 Å². The Labute approximate surface area is 157 Å². The zero-order valence-electron chi connectivity index (χ0n) is 16.7. The summed E-state index contributed by atoms with van der Waals surface area (Å²) in [6, 6.07) is 14.9. The lowest BCUT2D eigenvalue weighted by Crippen LogP contribution is -2.11. The average Bonchev–Trinajstić information content (AvgIpc) is 2.54. The zero-order valence-corrected chi connectivity index (χ0v) is 17.6. The van der Waals surface area contributed by atoms with E-state index in [0.717, 1.165) is 11.1 Å². The molecule has 0 saturated heterocycles. The van der Waals surface area contributed by atoms with E-state index in [1.54, 1.807) is 24.3 Å². The van der Waals surface area contributed by atoms with Crippen molar-refractivity contribution in [3.8, 4) is 11.5 Å². The van der Waals surface area contributed by atoms with E-state index in [9.17, 15) is 4.57 Å². The Hall–Kier alpha value is -1.77. The molecule has 0 spiro atoms. The van der Waals surface area contributed by atoms with Gasteiger partial charge >= 0.3 is 7.82 Å². The van der Waals surface area contributed by atoms with Crippen LogP contribution in [-0.2, 0) is 19.9 Å². The highest BCUT2D eigenvalue weighted by Gasteiger charge is 2.29. The molecule has 0 heterocycles. The van der Waals surface area contributed by atoms with Crippen LogP contribution in [0.5, 0.6) is 11.5 Å². The van der Waals surface area contributed by atoms with Crippen molar-refractivity contribution < 1.29 is 18.1 Å². The van der Waals surface area contributed by atoms with Crippen molar-refractivity contribution in [1.82, 2.24) is 0 Å². The molecule has 0 aliphatic rings. The smallest absolute Gasteiger partial charge is 0.395 e. The Morgan fingerprint density at radius 2 is 0.962 bits per heavy atom. The highest BCUT2D eigenvalue weighted by molar-refractivity contribution is 7.49. The van der Waals surface area contributed by atoms with Crippen LogP contribution >= 0.6 is 7.82 Å². The van der Waals surface area contributed by atoms with E-state index in [0.29, 0.717) is 11.5 Å². The topological polar surface area (TPSA) is 44.8 Å². The number of benzene rings is 2. The Morgan fingerprint density at radius 3 is 1.19 bits per heavy atom. The number of rotatable bonds is 5. The van der Waals surface area contributed by atoms with Crippen LogP contribution in [0.3, 0.4) is 0 Å². The van der Waals surface area contributed by atoms with Crippen molar-refractivity contribution in [2.75, 3.05) is 7.11 Å². The first-order valence-electron chi connectivity index (χ1n) is 8.69. The van der Waals surface area contributed by atoms with Crippen molar-refractivity contribution in [1.29, 1.82) is 0 Å². The molecule has 0 N–H and O–H groups in total. The van der Waals surface area contributed by atoms with E-state index in [1.165, 1.54) is 7.11 Å². The minimum Gasteiger partial charge on any atom is -0.395 e. The molecule has 0 atom stereocenters. The SMILES string of the molecule is COP(=O)(Oc1ccc(C(C)(C)C)cc1)Oc1ccc(C(C)(C)C)cc1. The predicted octanol–water partition coefficient (Wildman–Crippen LogP) is 6.49. The van der Waals surface area contributed by atoms with Crippen molar-refractivity contribution in [2.45, 2.75) is 52.4 Å². The first kappa shape index (κ1) is 20.5. The van der Waals surface area contributed by atoms with Gasteiger partial charge in [0.25, 0.3) is 0 Å². The van der Waals surface area contributed by atoms with Gasteiger partial charge in [-0.3, -0.25) is 4.52 Å². The van der Waals surface area contributed by atoms with Crippen LogP contribution in [0.4, 0.5) is 0 Å². The number of hydrogen-bond donors (Lipinski definition) is 0. The second-order valence-corrected chi connectivity index (χ2v) is 9.99. The molecule has 0 unspecified atom stereocenters. The van der Waals surface area contributed by atoms with Crippen LogP contribution in [-0.4, -0.2) is 7.11 Å². The van der Waals surface area contributed by atoms with Crippen LogP contribution in [0.25, 0.3) is 0 Å². The number of hydrogen-bond acceptors (Lipinski definition) is 4. The maximum absolute atomic E-state index is 12.8. The summed E-state index contributed by atoms with van der Waals surface area (Å²) in [5, 5.41) is 0. The van der Waals surface area contributed by atoms with Gasteiger partial charge in [0.05, 0.1) is 0 Å². The summed E-state index contributed by atoms with van der Waals surface area (Å²) in [5.74, 6) is 0.879. The van der Waals surface area contributed by atoms with Crippen LogP contribution in [0, 0.1) is 0 Å². The molecule has 5 heteroatoms. The highest BCUT2D eigenvalue weighted by Crippen LogP contribution is 2.49. The van der Waals surface area contributed by atoms with Gasteiger partial charge in [0.1, 0.15) is 11.5 Å². The first-order chi connectivity index (χ1) is 11.9. The molecule has 0 aliphatic heterocycles. The molecule has 142 valence electrons. The summed E-state index contributed by atoms with van der Waals surface area (Å²) in [5.41, 5.74) is 2.40. The molecule has 0 aromatic heterocycles. The normalized spacial score (nSPS) is 12.7. The summed E-state index contributed by atoms with van der Waals surface area (Å²) in [6.07, 6.45) is 0. The molecule has 2 aromatic rings. The molecule has 0 fully saturated rings. The van der Waals surface area contributed by atoms with E-state index in [2.05, 4.69) is 41.5 Å². The summed E-state index contributed by atoms with van der Waals surface area (Å²) in [6.45, 7) is 12.8. The van der Waals surface area contributed by atoms with Gasteiger partial charge in [-0.05, 0) is 46.2 Å². The maximum atomic E-state index is 12.8. The minimum absolute atomic E-state index is 0.0365. The minimum atomic E-state index is -3.76. The average molecular weight is 376 g/mol. The summed E-state index contributed by atoms with van der Waals surface area (Å²) in [7, 11) is -2.44. The van der Waals surface area contributed by atoms with Gasteiger partial charge in [-0.1, -0.05) is 65.8 Å². The zero-order chi connectivity index (χ0) is 19.6. The molecule has 0 radical (unpaired) electrons. The predicted molar refractivity (Wildman–Crippen MR) is 106 cm³/mol. The number of phosphoric ester groups is 1. The van der Waals surface area contributed by atoms with Gasteiger partial charge in [0.2, 0.25) is 0 Å². The number of phosphoric acid groups is 1. The lowest BCUT2D eigenvalue weighted by Gasteiger charge is -2.21. The monoisotopic (exact) mass is 376 g/mol. The maximum Gasteiger partial charge on any atom is 0.587 e. The quantitative estimate of drug-likeness (QED) is 0.559. The van der Waals surface area contributed by atoms with E-state index in [-0.39, 0.29) is 10.8 Å². The molecule has 0 saturated carbocycles. The van der Waals surface area contributed by atoms with Crippen LogP contribution < -0.4 is 9.05 Å². The molecule has 0 amide bonds. The molecular formula is C21H29O4P. The van der Waals surface area contributed by atoms with Gasteiger partial charge < -0.3 is 9.05 Å². The van der Waals surface area contributed by atoms with E-state index < -0.39 is 7.82 Å². The molecular weight excluding hydrogens is 347 g/mol. The summed E-state index contributed by atoms with van der Waals surface area (Å²) >= 11 is 0. The Morgan fingerprint density at radius 1 is 0.654 bits per heavy atom. The summed E-state index contributed by atoms with van der Waals surface area (Å²) in [4.78, 5) is 0.